The summed E-state index contributed by atoms with van der Waals surface area (Å²) < 4.78 is 7.05. The number of aromatic amines is 2. The Bertz CT molecular complexity index is 930. The van der Waals surface area contributed by atoms with E-state index in [9.17, 15) is 9.59 Å². The summed E-state index contributed by atoms with van der Waals surface area (Å²) in [7, 11) is 1.61. The van der Waals surface area contributed by atoms with E-state index in [-0.39, 0.29) is 6.42 Å². The van der Waals surface area contributed by atoms with E-state index in [0.29, 0.717) is 16.7 Å². The zero-order valence-electron chi connectivity index (χ0n) is 13.1. The van der Waals surface area contributed by atoms with Gasteiger partial charge in [0.1, 0.15) is 11.6 Å². The number of nitrogens with zero attached hydrogens (tertiary/aromatic N) is 3. The van der Waals surface area contributed by atoms with E-state index < -0.39 is 11.2 Å². The summed E-state index contributed by atoms with van der Waals surface area (Å²) in [6.45, 7) is 0. The Hall–Kier alpha value is -2.81. The summed E-state index contributed by atoms with van der Waals surface area (Å²) in [5.41, 5.74) is 0.346. The molecular weight excluding hydrogens is 330 g/mol. The van der Waals surface area contributed by atoms with Gasteiger partial charge in [-0.2, -0.15) is 0 Å². The third-order valence-corrected chi connectivity index (χ3v) is 4.01. The second kappa shape index (κ2) is 6.75. The number of ether oxygens (including phenoxy) is 1. The fourth-order valence-electron chi connectivity index (χ4n) is 2.32. The lowest BCUT2D eigenvalue weighted by Gasteiger charge is -2.10. The molecule has 0 aliphatic heterocycles. The highest BCUT2D eigenvalue weighted by Gasteiger charge is 2.14. The van der Waals surface area contributed by atoms with Crippen molar-refractivity contribution in [2.75, 3.05) is 13.4 Å². The number of thioether (sulfide) groups is 1. The molecule has 0 aliphatic rings. The molecule has 2 aromatic heterocycles. The Morgan fingerprint density at radius 3 is 2.54 bits per heavy atom. The van der Waals surface area contributed by atoms with Crippen LogP contribution in [0, 0.1) is 0 Å². The molecule has 0 fully saturated rings. The minimum absolute atomic E-state index is 0.277. The molecule has 3 rings (SSSR count). The van der Waals surface area contributed by atoms with Crippen LogP contribution < -0.4 is 16.0 Å². The van der Waals surface area contributed by atoms with Gasteiger partial charge in [0.2, 0.25) is 0 Å². The number of aromatic nitrogens is 5. The fourth-order valence-corrected chi connectivity index (χ4v) is 2.84. The lowest BCUT2D eigenvalue weighted by molar-refractivity contribution is 0.414. The average molecular weight is 345 g/mol. The van der Waals surface area contributed by atoms with Gasteiger partial charge >= 0.3 is 5.69 Å². The Morgan fingerprint density at radius 2 is 1.92 bits per heavy atom. The molecule has 9 heteroatoms. The summed E-state index contributed by atoms with van der Waals surface area (Å²) in [6, 6.07) is 8.82. The first-order valence-electron chi connectivity index (χ1n) is 7.06. The van der Waals surface area contributed by atoms with Gasteiger partial charge < -0.3 is 9.72 Å². The van der Waals surface area contributed by atoms with Crippen LogP contribution in [0.15, 0.2) is 45.1 Å². The van der Waals surface area contributed by atoms with Crippen molar-refractivity contribution in [1.29, 1.82) is 0 Å². The van der Waals surface area contributed by atoms with Gasteiger partial charge in [-0.15, -0.1) is 10.2 Å². The van der Waals surface area contributed by atoms with E-state index in [0.717, 1.165) is 11.4 Å². The lowest BCUT2D eigenvalue weighted by atomic mass is 10.2. The predicted molar refractivity (Wildman–Crippen MR) is 90.2 cm³/mol. The van der Waals surface area contributed by atoms with Crippen LogP contribution in [0.1, 0.15) is 11.5 Å². The quantitative estimate of drug-likeness (QED) is 0.668. The number of hydrogen-bond acceptors (Lipinski definition) is 6. The van der Waals surface area contributed by atoms with Crippen LogP contribution in [0.25, 0.3) is 5.69 Å². The van der Waals surface area contributed by atoms with Gasteiger partial charge in [0.25, 0.3) is 5.56 Å². The summed E-state index contributed by atoms with van der Waals surface area (Å²) in [5.74, 6) is 1.36. The lowest BCUT2D eigenvalue weighted by Crippen LogP contribution is -2.23. The monoisotopic (exact) mass is 345 g/mol. The van der Waals surface area contributed by atoms with Crippen molar-refractivity contribution < 1.29 is 4.74 Å². The third kappa shape index (κ3) is 3.25. The highest BCUT2D eigenvalue weighted by molar-refractivity contribution is 7.98. The van der Waals surface area contributed by atoms with Crippen molar-refractivity contribution in [2.24, 2.45) is 0 Å². The Labute approximate surface area is 140 Å². The third-order valence-electron chi connectivity index (χ3n) is 3.38. The Morgan fingerprint density at radius 1 is 1.17 bits per heavy atom. The number of hydrogen-bond donors (Lipinski definition) is 2. The summed E-state index contributed by atoms with van der Waals surface area (Å²) in [5, 5.41) is 9.06. The van der Waals surface area contributed by atoms with Crippen molar-refractivity contribution in [3.63, 3.8) is 0 Å². The maximum Gasteiger partial charge on any atom is 0.325 e. The maximum atomic E-state index is 11.5. The smallest absolute Gasteiger partial charge is 0.325 e. The molecule has 2 heterocycles. The molecule has 0 saturated carbocycles. The minimum atomic E-state index is -0.543. The van der Waals surface area contributed by atoms with Crippen LogP contribution in [-0.4, -0.2) is 38.1 Å². The number of methoxy groups -OCH3 is 1. The topological polar surface area (TPSA) is 106 Å². The van der Waals surface area contributed by atoms with Crippen molar-refractivity contribution in [3.8, 4) is 11.4 Å². The van der Waals surface area contributed by atoms with E-state index in [4.69, 9.17) is 4.74 Å². The first kappa shape index (κ1) is 16.1. The van der Waals surface area contributed by atoms with Crippen molar-refractivity contribution in [3.05, 3.63) is 62.7 Å². The first-order valence-corrected chi connectivity index (χ1v) is 8.28. The Kier molecular flexibility index (Phi) is 4.52. The molecule has 0 spiro atoms. The largest absolute Gasteiger partial charge is 0.497 e. The number of benzene rings is 1. The van der Waals surface area contributed by atoms with Crippen molar-refractivity contribution in [2.45, 2.75) is 11.6 Å². The molecule has 0 unspecified atom stereocenters. The number of H-pyrrole nitrogens is 2. The zero-order chi connectivity index (χ0) is 17.1. The zero-order valence-corrected chi connectivity index (χ0v) is 13.9. The van der Waals surface area contributed by atoms with E-state index in [2.05, 4.69) is 20.2 Å². The number of rotatable bonds is 5. The highest BCUT2D eigenvalue weighted by atomic mass is 32.2. The number of nitrogens with one attached hydrogen (secondary N) is 2. The summed E-state index contributed by atoms with van der Waals surface area (Å²) >= 11 is 1.46. The van der Waals surface area contributed by atoms with Gasteiger partial charge in [-0.25, -0.2) is 4.79 Å². The standard InChI is InChI=1S/C15H15N5O3S/c1-23-11-5-3-10(4-6-11)20-12(18-19-15(20)24-2)7-9-8-13(21)17-14(22)16-9/h3-6,8H,7H2,1-2H3,(H2,16,17,21,22). The average Bonchev–Trinajstić information content (AvgIpc) is 2.96. The van der Waals surface area contributed by atoms with E-state index >= 15 is 0 Å². The molecule has 8 nitrogen and oxygen atoms in total. The van der Waals surface area contributed by atoms with Gasteiger partial charge in [0.05, 0.1) is 7.11 Å². The van der Waals surface area contributed by atoms with Crippen molar-refractivity contribution in [1.82, 2.24) is 24.7 Å². The van der Waals surface area contributed by atoms with Crippen LogP contribution >= 0.6 is 11.8 Å². The molecule has 3 aromatic rings. The van der Waals surface area contributed by atoms with Gasteiger partial charge in [0.15, 0.2) is 5.16 Å². The highest BCUT2D eigenvalue weighted by Crippen LogP contribution is 2.23. The predicted octanol–water partition coefficient (Wildman–Crippen LogP) is 0.965. The van der Waals surface area contributed by atoms with Gasteiger partial charge in [-0.3, -0.25) is 14.3 Å². The second-order valence-corrected chi connectivity index (χ2v) is 5.70. The normalized spacial score (nSPS) is 10.8. The summed E-state index contributed by atoms with van der Waals surface area (Å²) in [4.78, 5) is 27.6. The maximum absolute atomic E-state index is 11.5. The molecule has 0 atom stereocenters. The molecule has 124 valence electrons. The molecule has 0 saturated heterocycles. The fraction of sp³-hybridized carbons (Fsp3) is 0.200. The van der Waals surface area contributed by atoms with Crippen LogP contribution in [0.5, 0.6) is 5.75 Å². The molecule has 0 aliphatic carbocycles. The SMILES string of the molecule is COc1ccc(-n2c(Cc3cc(=O)[nH]c(=O)[nH]3)nnc2SC)cc1. The summed E-state index contributed by atoms with van der Waals surface area (Å²) in [6.07, 6.45) is 2.18. The van der Waals surface area contributed by atoms with Crippen LogP contribution in [0.2, 0.25) is 0 Å². The molecule has 2 N–H and O–H groups in total. The molecule has 0 radical (unpaired) electrons. The van der Waals surface area contributed by atoms with Gasteiger partial charge in [-0.05, 0) is 30.5 Å². The Balaban J connectivity index is 2.03. The first-order chi connectivity index (χ1) is 11.6. The van der Waals surface area contributed by atoms with E-state index in [1.54, 1.807) is 7.11 Å². The second-order valence-electron chi connectivity index (χ2n) is 4.93. The minimum Gasteiger partial charge on any atom is -0.497 e. The van der Waals surface area contributed by atoms with Gasteiger partial charge in [0, 0.05) is 23.9 Å². The van der Waals surface area contributed by atoms with E-state index in [1.165, 1.54) is 17.8 Å². The molecular formula is C15H15N5O3S. The van der Waals surface area contributed by atoms with Crippen LogP contribution in [0.4, 0.5) is 0 Å². The molecule has 0 amide bonds. The molecule has 24 heavy (non-hydrogen) atoms. The van der Waals surface area contributed by atoms with Crippen LogP contribution in [0.3, 0.4) is 0 Å². The van der Waals surface area contributed by atoms with E-state index in [1.807, 2.05) is 35.1 Å². The molecule has 1 aromatic carbocycles. The van der Waals surface area contributed by atoms with Crippen LogP contribution in [-0.2, 0) is 6.42 Å². The van der Waals surface area contributed by atoms with Crippen molar-refractivity contribution >= 4 is 11.8 Å². The molecule has 0 bridgehead atoms. The van der Waals surface area contributed by atoms with Gasteiger partial charge in [-0.1, -0.05) is 11.8 Å².